The first-order chi connectivity index (χ1) is 10.7. The van der Waals surface area contributed by atoms with E-state index < -0.39 is 0 Å². The van der Waals surface area contributed by atoms with Gasteiger partial charge in [0, 0.05) is 13.2 Å². The molecule has 0 atom stereocenters. The van der Waals surface area contributed by atoms with Crippen molar-refractivity contribution in [3.63, 3.8) is 0 Å². The molecule has 22 heavy (non-hydrogen) atoms. The first-order valence-corrected chi connectivity index (χ1v) is 7.28. The summed E-state index contributed by atoms with van der Waals surface area (Å²) >= 11 is 6.08. The molecule has 3 rings (SSSR count). The number of para-hydroxylation sites is 1. The third-order valence-electron chi connectivity index (χ3n) is 3.23. The predicted molar refractivity (Wildman–Crippen MR) is 90.6 cm³/mol. The molecule has 2 aromatic carbocycles. The Morgan fingerprint density at radius 3 is 2.45 bits per heavy atom. The Kier molecular flexibility index (Phi) is 4.26. The molecule has 0 aliphatic heterocycles. The van der Waals surface area contributed by atoms with Gasteiger partial charge in [-0.2, -0.15) is 0 Å². The summed E-state index contributed by atoms with van der Waals surface area (Å²) in [5, 5.41) is 0.591. The maximum atomic E-state index is 6.08. The zero-order chi connectivity index (χ0) is 15.4. The Bertz CT molecular complexity index is 791. The Morgan fingerprint density at radius 2 is 1.77 bits per heavy atom. The van der Waals surface area contributed by atoms with Gasteiger partial charge in [0.25, 0.3) is 0 Å². The van der Waals surface area contributed by atoms with Gasteiger partial charge < -0.3 is 9.30 Å². The third-order valence-corrected chi connectivity index (χ3v) is 3.54. The van der Waals surface area contributed by atoms with Gasteiger partial charge in [-0.1, -0.05) is 23.7 Å². The molecule has 1 heterocycles. The first kappa shape index (κ1) is 14.4. The second-order valence-electron chi connectivity index (χ2n) is 4.83. The van der Waals surface area contributed by atoms with Crippen molar-refractivity contribution in [1.29, 1.82) is 0 Å². The average Bonchev–Trinajstić information content (AvgIpc) is 2.94. The molecular formula is C18H15ClN2O. The van der Waals surface area contributed by atoms with Crippen molar-refractivity contribution in [2.45, 2.75) is 0 Å². The SMILES string of the molecule is Cn1cccc1C=Nc1ccc(Oc2ccccc2Cl)cc1. The van der Waals surface area contributed by atoms with Crippen LogP contribution in [0.25, 0.3) is 0 Å². The van der Waals surface area contributed by atoms with E-state index in [1.807, 2.05) is 78.6 Å². The van der Waals surface area contributed by atoms with Gasteiger partial charge >= 0.3 is 0 Å². The molecule has 3 aromatic rings. The van der Waals surface area contributed by atoms with Gasteiger partial charge in [0.1, 0.15) is 11.5 Å². The number of hydrogen-bond acceptors (Lipinski definition) is 2. The number of nitrogens with zero attached hydrogens (tertiary/aromatic N) is 2. The molecule has 0 N–H and O–H groups in total. The second-order valence-corrected chi connectivity index (χ2v) is 5.24. The minimum absolute atomic E-state index is 0.591. The topological polar surface area (TPSA) is 26.5 Å². The number of aromatic nitrogens is 1. The van der Waals surface area contributed by atoms with Gasteiger partial charge in [-0.25, -0.2) is 0 Å². The van der Waals surface area contributed by atoms with Crippen molar-refractivity contribution >= 4 is 23.5 Å². The monoisotopic (exact) mass is 310 g/mol. The van der Waals surface area contributed by atoms with E-state index in [1.54, 1.807) is 6.07 Å². The van der Waals surface area contributed by atoms with Crippen LogP contribution >= 0.6 is 11.6 Å². The molecule has 0 aliphatic rings. The Morgan fingerprint density at radius 1 is 1.00 bits per heavy atom. The number of benzene rings is 2. The van der Waals surface area contributed by atoms with Gasteiger partial charge in [-0.3, -0.25) is 4.99 Å². The number of rotatable bonds is 4. The van der Waals surface area contributed by atoms with Gasteiger partial charge in [0.05, 0.1) is 22.6 Å². The lowest BCUT2D eigenvalue weighted by atomic mass is 10.3. The fourth-order valence-electron chi connectivity index (χ4n) is 2.00. The van der Waals surface area contributed by atoms with Crippen LogP contribution in [0.2, 0.25) is 5.02 Å². The van der Waals surface area contributed by atoms with Crippen LogP contribution in [0, 0.1) is 0 Å². The second kappa shape index (κ2) is 6.50. The third kappa shape index (κ3) is 3.38. The van der Waals surface area contributed by atoms with Crippen molar-refractivity contribution < 1.29 is 4.74 Å². The minimum Gasteiger partial charge on any atom is -0.456 e. The molecule has 0 amide bonds. The fourth-order valence-corrected chi connectivity index (χ4v) is 2.18. The smallest absolute Gasteiger partial charge is 0.146 e. The molecule has 0 aliphatic carbocycles. The van der Waals surface area contributed by atoms with E-state index in [9.17, 15) is 0 Å². The highest BCUT2D eigenvalue weighted by atomic mass is 35.5. The highest BCUT2D eigenvalue weighted by molar-refractivity contribution is 6.32. The number of halogens is 1. The molecule has 4 heteroatoms. The molecule has 0 unspecified atom stereocenters. The van der Waals surface area contributed by atoms with Gasteiger partial charge in [0.15, 0.2) is 0 Å². The Hall–Kier alpha value is -2.52. The first-order valence-electron chi connectivity index (χ1n) is 6.90. The fraction of sp³-hybridized carbons (Fsp3) is 0.0556. The molecule has 110 valence electrons. The summed E-state index contributed by atoms with van der Waals surface area (Å²) in [5.41, 5.74) is 1.92. The van der Waals surface area contributed by atoms with Crippen LogP contribution in [-0.2, 0) is 7.05 Å². The number of aryl methyl sites for hydroxylation is 1. The largest absolute Gasteiger partial charge is 0.456 e. The summed E-state index contributed by atoms with van der Waals surface area (Å²) in [7, 11) is 1.99. The average molecular weight is 311 g/mol. The van der Waals surface area contributed by atoms with Crippen molar-refractivity contribution in [1.82, 2.24) is 4.57 Å². The number of ether oxygens (including phenoxy) is 1. The Balaban J connectivity index is 1.72. The van der Waals surface area contributed by atoms with E-state index >= 15 is 0 Å². The number of aliphatic imine (C=N–C) groups is 1. The van der Waals surface area contributed by atoms with E-state index in [0.29, 0.717) is 10.8 Å². The molecule has 0 bridgehead atoms. The molecule has 0 spiro atoms. The van der Waals surface area contributed by atoms with Crippen LogP contribution in [0.4, 0.5) is 5.69 Å². The standard InChI is InChI=1S/C18H15ClN2O/c1-21-12-4-5-15(21)13-20-14-8-10-16(11-9-14)22-18-7-3-2-6-17(18)19/h2-13H,1H3. The normalized spacial score (nSPS) is 11.0. The summed E-state index contributed by atoms with van der Waals surface area (Å²) in [6.45, 7) is 0. The van der Waals surface area contributed by atoms with Crippen molar-refractivity contribution in [2.75, 3.05) is 0 Å². The quantitative estimate of drug-likeness (QED) is 0.607. The zero-order valence-corrected chi connectivity index (χ0v) is 12.9. The van der Waals surface area contributed by atoms with E-state index in [-0.39, 0.29) is 0 Å². The molecule has 1 aromatic heterocycles. The van der Waals surface area contributed by atoms with Crippen LogP contribution in [0.3, 0.4) is 0 Å². The molecule has 0 saturated carbocycles. The lowest BCUT2D eigenvalue weighted by Crippen LogP contribution is -1.91. The van der Waals surface area contributed by atoms with Crippen LogP contribution < -0.4 is 4.74 Å². The predicted octanol–water partition coefficient (Wildman–Crippen LogP) is 5.22. The summed E-state index contributed by atoms with van der Waals surface area (Å²) < 4.78 is 7.76. The van der Waals surface area contributed by atoms with Crippen molar-refractivity contribution in [2.24, 2.45) is 12.0 Å². The van der Waals surface area contributed by atoms with Gasteiger partial charge in [0.2, 0.25) is 0 Å². The lowest BCUT2D eigenvalue weighted by molar-refractivity contribution is 0.483. The maximum Gasteiger partial charge on any atom is 0.146 e. The van der Waals surface area contributed by atoms with E-state index in [1.165, 1.54) is 0 Å². The van der Waals surface area contributed by atoms with Crippen LogP contribution in [0.1, 0.15) is 5.69 Å². The summed E-state index contributed by atoms with van der Waals surface area (Å²) in [4.78, 5) is 4.45. The van der Waals surface area contributed by atoms with Crippen LogP contribution in [0.5, 0.6) is 11.5 Å². The maximum absolute atomic E-state index is 6.08. The molecule has 3 nitrogen and oxygen atoms in total. The minimum atomic E-state index is 0.591. The van der Waals surface area contributed by atoms with E-state index in [4.69, 9.17) is 16.3 Å². The molecular weight excluding hydrogens is 296 g/mol. The van der Waals surface area contributed by atoms with Gasteiger partial charge in [-0.05, 0) is 48.5 Å². The Labute approximate surface area is 134 Å². The summed E-state index contributed by atoms with van der Waals surface area (Å²) in [6, 6.07) is 19.0. The van der Waals surface area contributed by atoms with E-state index in [0.717, 1.165) is 17.1 Å². The van der Waals surface area contributed by atoms with Crippen LogP contribution in [-0.4, -0.2) is 10.8 Å². The van der Waals surface area contributed by atoms with Crippen molar-refractivity contribution in [3.05, 3.63) is 77.6 Å². The zero-order valence-electron chi connectivity index (χ0n) is 12.1. The molecule has 0 saturated heterocycles. The summed E-state index contributed by atoms with van der Waals surface area (Å²) in [5.74, 6) is 1.37. The van der Waals surface area contributed by atoms with Crippen LogP contribution in [0.15, 0.2) is 71.9 Å². The number of hydrogen-bond donors (Lipinski definition) is 0. The van der Waals surface area contributed by atoms with Gasteiger partial charge in [-0.15, -0.1) is 0 Å². The highest BCUT2D eigenvalue weighted by Crippen LogP contribution is 2.29. The molecule has 0 radical (unpaired) electrons. The summed E-state index contributed by atoms with van der Waals surface area (Å²) in [6.07, 6.45) is 3.83. The van der Waals surface area contributed by atoms with Crippen molar-refractivity contribution in [3.8, 4) is 11.5 Å². The highest BCUT2D eigenvalue weighted by Gasteiger charge is 2.01. The lowest BCUT2D eigenvalue weighted by Gasteiger charge is -2.07. The van der Waals surface area contributed by atoms with E-state index in [2.05, 4.69) is 4.99 Å². The molecule has 0 fully saturated rings.